The lowest BCUT2D eigenvalue weighted by atomic mass is 10.1. The van der Waals surface area contributed by atoms with Gasteiger partial charge in [-0.15, -0.1) is 0 Å². The zero-order valence-corrected chi connectivity index (χ0v) is 11.0. The average molecular weight is 300 g/mol. The van der Waals surface area contributed by atoms with E-state index in [1.807, 2.05) is 0 Å². The minimum atomic E-state index is -4.67. The smallest absolute Gasteiger partial charge is 0.419 e. The summed E-state index contributed by atoms with van der Waals surface area (Å²) in [6.07, 6.45) is -4.67. The Bertz CT molecular complexity index is 651. The molecular formula is C15H12F4O2. The summed E-state index contributed by atoms with van der Waals surface area (Å²) in [5.74, 6) is -1.54. The van der Waals surface area contributed by atoms with Crippen molar-refractivity contribution in [2.45, 2.75) is 19.7 Å². The van der Waals surface area contributed by atoms with Crippen molar-refractivity contribution in [1.29, 1.82) is 0 Å². The molecule has 0 amide bonds. The number of alkyl halides is 3. The van der Waals surface area contributed by atoms with Gasteiger partial charge in [-0.2, -0.15) is 13.2 Å². The average Bonchev–Trinajstić information content (AvgIpc) is 2.42. The summed E-state index contributed by atoms with van der Waals surface area (Å²) in [4.78, 5) is 0. The molecule has 0 atom stereocenters. The standard InChI is InChI=1S/C15H12F4O2/c1-9-2-4-12(16)14(6-9)21-13-5-3-10(8-20)7-11(13)15(17,18)19/h2-7,20H,8H2,1H3. The van der Waals surface area contributed by atoms with Crippen molar-refractivity contribution >= 4 is 0 Å². The Morgan fingerprint density at radius 1 is 1.05 bits per heavy atom. The molecule has 0 aromatic heterocycles. The molecule has 0 heterocycles. The van der Waals surface area contributed by atoms with E-state index in [0.717, 1.165) is 18.2 Å². The largest absolute Gasteiger partial charge is 0.454 e. The van der Waals surface area contributed by atoms with Gasteiger partial charge in [-0.3, -0.25) is 0 Å². The van der Waals surface area contributed by atoms with Crippen LogP contribution in [0.25, 0.3) is 0 Å². The van der Waals surface area contributed by atoms with Gasteiger partial charge in [0.05, 0.1) is 12.2 Å². The number of aryl methyl sites for hydroxylation is 1. The fourth-order valence-electron chi connectivity index (χ4n) is 1.79. The van der Waals surface area contributed by atoms with Crippen LogP contribution in [0, 0.1) is 12.7 Å². The molecule has 2 aromatic carbocycles. The predicted octanol–water partition coefficient (Wildman–Crippen LogP) is 4.44. The number of halogens is 4. The lowest BCUT2D eigenvalue weighted by molar-refractivity contribution is -0.138. The molecular weight excluding hydrogens is 288 g/mol. The van der Waals surface area contributed by atoms with Gasteiger partial charge >= 0.3 is 6.18 Å². The number of aliphatic hydroxyl groups is 1. The predicted molar refractivity (Wildman–Crippen MR) is 68.6 cm³/mol. The van der Waals surface area contributed by atoms with Gasteiger partial charge in [-0.05, 0) is 42.3 Å². The highest BCUT2D eigenvalue weighted by molar-refractivity contribution is 5.43. The Hall–Kier alpha value is -2.08. The van der Waals surface area contributed by atoms with Gasteiger partial charge in [0.1, 0.15) is 5.75 Å². The monoisotopic (exact) mass is 300 g/mol. The lowest BCUT2D eigenvalue weighted by Gasteiger charge is -2.15. The molecule has 0 unspecified atom stereocenters. The molecule has 0 saturated heterocycles. The van der Waals surface area contributed by atoms with Gasteiger partial charge in [0.25, 0.3) is 0 Å². The van der Waals surface area contributed by atoms with E-state index in [4.69, 9.17) is 9.84 Å². The van der Waals surface area contributed by atoms with Crippen LogP contribution in [0.2, 0.25) is 0 Å². The third kappa shape index (κ3) is 3.52. The molecule has 0 radical (unpaired) electrons. The second-order valence-electron chi connectivity index (χ2n) is 4.52. The maximum absolute atomic E-state index is 13.6. The van der Waals surface area contributed by atoms with E-state index in [0.29, 0.717) is 5.56 Å². The molecule has 2 nitrogen and oxygen atoms in total. The maximum atomic E-state index is 13.6. The molecule has 0 aliphatic carbocycles. The van der Waals surface area contributed by atoms with Gasteiger partial charge in [-0.1, -0.05) is 12.1 Å². The van der Waals surface area contributed by atoms with Crippen LogP contribution in [-0.2, 0) is 12.8 Å². The molecule has 0 aliphatic heterocycles. The van der Waals surface area contributed by atoms with Crippen molar-refractivity contribution in [3.05, 3.63) is 58.9 Å². The van der Waals surface area contributed by atoms with Crippen molar-refractivity contribution in [3.8, 4) is 11.5 Å². The van der Waals surface area contributed by atoms with Crippen molar-refractivity contribution in [1.82, 2.24) is 0 Å². The van der Waals surface area contributed by atoms with Crippen molar-refractivity contribution in [2.24, 2.45) is 0 Å². The van der Waals surface area contributed by atoms with Crippen LogP contribution in [0.5, 0.6) is 11.5 Å². The molecule has 6 heteroatoms. The highest BCUT2D eigenvalue weighted by atomic mass is 19.4. The minimum Gasteiger partial charge on any atom is -0.454 e. The first kappa shape index (κ1) is 15.3. The quantitative estimate of drug-likeness (QED) is 0.849. The zero-order chi connectivity index (χ0) is 15.6. The molecule has 1 N–H and O–H groups in total. The molecule has 112 valence electrons. The number of ether oxygens (including phenoxy) is 1. The first-order chi connectivity index (χ1) is 9.81. The summed E-state index contributed by atoms with van der Waals surface area (Å²) < 4.78 is 57.6. The fourth-order valence-corrected chi connectivity index (χ4v) is 1.79. The fraction of sp³-hybridized carbons (Fsp3) is 0.200. The van der Waals surface area contributed by atoms with Crippen LogP contribution < -0.4 is 4.74 Å². The van der Waals surface area contributed by atoms with Gasteiger partial charge in [0, 0.05) is 0 Å². The third-order valence-corrected chi connectivity index (χ3v) is 2.84. The van der Waals surface area contributed by atoms with Gasteiger partial charge in [0.2, 0.25) is 0 Å². The molecule has 0 saturated carbocycles. The Morgan fingerprint density at radius 2 is 1.76 bits per heavy atom. The van der Waals surface area contributed by atoms with E-state index < -0.39 is 29.9 Å². The van der Waals surface area contributed by atoms with E-state index >= 15 is 0 Å². The first-order valence-electron chi connectivity index (χ1n) is 6.06. The van der Waals surface area contributed by atoms with Crippen LogP contribution in [0.15, 0.2) is 36.4 Å². The van der Waals surface area contributed by atoms with Crippen LogP contribution in [0.3, 0.4) is 0 Å². The normalized spacial score (nSPS) is 11.5. The molecule has 0 bridgehead atoms. The molecule has 0 spiro atoms. The number of aliphatic hydroxyl groups excluding tert-OH is 1. The van der Waals surface area contributed by atoms with Gasteiger partial charge < -0.3 is 9.84 Å². The van der Waals surface area contributed by atoms with Gasteiger partial charge in [0.15, 0.2) is 11.6 Å². The first-order valence-corrected chi connectivity index (χ1v) is 6.06. The molecule has 21 heavy (non-hydrogen) atoms. The van der Waals surface area contributed by atoms with Crippen LogP contribution in [0.4, 0.5) is 17.6 Å². The number of hydrogen-bond acceptors (Lipinski definition) is 2. The molecule has 2 rings (SSSR count). The van der Waals surface area contributed by atoms with E-state index in [1.165, 1.54) is 18.2 Å². The summed E-state index contributed by atoms with van der Waals surface area (Å²) >= 11 is 0. The number of hydrogen-bond donors (Lipinski definition) is 1. The highest BCUT2D eigenvalue weighted by Crippen LogP contribution is 2.39. The van der Waals surface area contributed by atoms with Crippen LogP contribution in [0.1, 0.15) is 16.7 Å². The highest BCUT2D eigenvalue weighted by Gasteiger charge is 2.35. The third-order valence-electron chi connectivity index (χ3n) is 2.84. The Balaban J connectivity index is 2.46. The molecule has 0 aliphatic rings. The topological polar surface area (TPSA) is 29.5 Å². The van der Waals surface area contributed by atoms with E-state index in [9.17, 15) is 17.6 Å². The number of rotatable bonds is 3. The second kappa shape index (κ2) is 5.73. The summed E-state index contributed by atoms with van der Waals surface area (Å²) in [6.45, 7) is 1.15. The Kier molecular flexibility index (Phi) is 4.18. The second-order valence-corrected chi connectivity index (χ2v) is 4.52. The Morgan fingerprint density at radius 3 is 2.38 bits per heavy atom. The van der Waals surface area contributed by atoms with Crippen molar-refractivity contribution in [2.75, 3.05) is 0 Å². The van der Waals surface area contributed by atoms with E-state index in [1.54, 1.807) is 6.92 Å². The summed E-state index contributed by atoms with van der Waals surface area (Å²) in [5, 5.41) is 8.92. The summed E-state index contributed by atoms with van der Waals surface area (Å²) in [7, 11) is 0. The maximum Gasteiger partial charge on any atom is 0.419 e. The molecule has 0 fully saturated rings. The summed E-state index contributed by atoms with van der Waals surface area (Å²) in [6, 6.07) is 7.06. The Labute approximate surface area is 118 Å². The zero-order valence-electron chi connectivity index (χ0n) is 11.0. The van der Waals surface area contributed by atoms with Crippen LogP contribution >= 0.6 is 0 Å². The summed E-state index contributed by atoms with van der Waals surface area (Å²) in [5.41, 5.74) is -0.304. The van der Waals surface area contributed by atoms with Crippen molar-refractivity contribution in [3.63, 3.8) is 0 Å². The SMILES string of the molecule is Cc1ccc(F)c(Oc2ccc(CO)cc2C(F)(F)F)c1. The van der Waals surface area contributed by atoms with Crippen molar-refractivity contribution < 1.29 is 27.4 Å². The van der Waals surface area contributed by atoms with Crippen LogP contribution in [-0.4, -0.2) is 5.11 Å². The van der Waals surface area contributed by atoms with Gasteiger partial charge in [-0.25, -0.2) is 4.39 Å². The minimum absolute atomic E-state index is 0.0967. The molecule has 2 aromatic rings. The van der Waals surface area contributed by atoms with E-state index in [-0.39, 0.29) is 11.3 Å². The lowest BCUT2D eigenvalue weighted by Crippen LogP contribution is -2.08. The number of benzene rings is 2. The van der Waals surface area contributed by atoms with E-state index in [2.05, 4.69) is 0 Å².